The number of carbonyl (C=O) groups excluding carboxylic acids is 5. The molecular weight excluding hydrogens is 676 g/mol. The predicted molar refractivity (Wildman–Crippen MR) is 195 cm³/mol. The lowest BCUT2D eigenvalue weighted by atomic mass is 9.81. The number of fused-ring (bicyclic) bond motifs is 1. The Kier molecular flexibility index (Phi) is 11.3. The van der Waals surface area contributed by atoms with Gasteiger partial charge >= 0.3 is 0 Å². The fourth-order valence-electron chi connectivity index (χ4n) is 8.26. The van der Waals surface area contributed by atoms with Crippen LogP contribution in [0, 0.1) is 23.2 Å². The van der Waals surface area contributed by atoms with Gasteiger partial charge in [-0.15, -0.1) is 0 Å². The molecule has 3 aliphatic heterocycles. The van der Waals surface area contributed by atoms with Crippen LogP contribution in [0.25, 0.3) is 10.9 Å². The molecule has 4 amide bonds. The zero-order chi connectivity index (χ0) is 35.4. The first-order chi connectivity index (χ1) is 24.0. The van der Waals surface area contributed by atoms with Crippen LogP contribution in [0.1, 0.15) is 94.5 Å². The molecule has 4 N–H and O–H groups in total. The van der Waals surface area contributed by atoms with Crippen LogP contribution in [0.2, 0.25) is 5.02 Å². The molecule has 1 saturated carbocycles. The van der Waals surface area contributed by atoms with Crippen LogP contribution < -0.4 is 16.0 Å². The monoisotopic (exact) mass is 722 g/mol. The van der Waals surface area contributed by atoms with Crippen LogP contribution in [0.3, 0.4) is 0 Å². The number of halogens is 1. The molecule has 4 aliphatic rings. The molecule has 11 nitrogen and oxygen atoms in total. The zero-order valence-corrected chi connectivity index (χ0v) is 30.2. The highest BCUT2D eigenvalue weighted by Gasteiger charge is 2.47. The summed E-state index contributed by atoms with van der Waals surface area (Å²) in [6.45, 7) is 2.63. The van der Waals surface area contributed by atoms with Crippen LogP contribution in [-0.2, 0) is 19.2 Å². The van der Waals surface area contributed by atoms with E-state index in [9.17, 15) is 29.2 Å². The van der Waals surface area contributed by atoms with Crippen molar-refractivity contribution >= 4 is 67.3 Å². The standard InChI is InChI=1S/C37H47ClN6O5S/c1-23(45)44-13-11-37(12-14-44)21-26(34(47)43-37)20-29(33(46)32(22-39)50-15-5-6-16-50)41-35(48)30(17-24-7-3-2-4-8-24)42-36(49)31-19-25-18-27(38)9-10-28(25)40-31/h9-10,18-19,24,26,29-30,40H,2-8,11-17,20-21H2,1H3,(H,41,48)(H,42,49)(H,43,47)/t26?,29?,30-/m0/s1. The summed E-state index contributed by atoms with van der Waals surface area (Å²) >= 11 is 6.16. The average Bonchev–Trinajstić information content (AvgIpc) is 3.85. The Morgan fingerprint density at radius 3 is 2.42 bits per heavy atom. The Bertz CT molecular complexity index is 1730. The summed E-state index contributed by atoms with van der Waals surface area (Å²) in [5, 5.41) is 20.6. The smallest absolute Gasteiger partial charge is 0.268 e. The molecule has 4 heterocycles. The maximum atomic E-state index is 14.3. The number of piperidine rings is 1. The second-order valence-corrected chi connectivity index (χ2v) is 17.2. The van der Waals surface area contributed by atoms with Crippen molar-refractivity contribution in [3.05, 3.63) is 35.0 Å². The first kappa shape index (κ1) is 36.1. The number of hydrogen-bond donors (Lipinski definition) is 4. The highest BCUT2D eigenvalue weighted by atomic mass is 35.5. The second-order valence-electron chi connectivity index (χ2n) is 14.6. The van der Waals surface area contributed by atoms with Gasteiger partial charge in [-0.05, 0) is 86.6 Å². The van der Waals surface area contributed by atoms with Gasteiger partial charge in [-0.25, -0.2) is 0 Å². The van der Waals surface area contributed by atoms with Gasteiger partial charge in [0.1, 0.15) is 22.7 Å². The van der Waals surface area contributed by atoms with Crippen LogP contribution in [0.5, 0.6) is 0 Å². The summed E-state index contributed by atoms with van der Waals surface area (Å²) in [7, 11) is -0.488. The molecule has 0 bridgehead atoms. The van der Waals surface area contributed by atoms with Crippen molar-refractivity contribution in [2.45, 2.75) is 102 Å². The van der Waals surface area contributed by atoms with E-state index >= 15 is 0 Å². The van der Waals surface area contributed by atoms with Crippen molar-refractivity contribution in [1.29, 1.82) is 5.26 Å². The molecule has 1 spiro atoms. The Hall–Kier alpha value is -3.69. The lowest BCUT2D eigenvalue weighted by Gasteiger charge is -2.39. The number of nitrogens with zero attached hydrogens (tertiary/aromatic N) is 2. The summed E-state index contributed by atoms with van der Waals surface area (Å²) < 4.78 is 0. The molecule has 3 saturated heterocycles. The third-order valence-corrected chi connectivity index (χ3v) is 13.8. The Labute approximate surface area is 300 Å². The lowest BCUT2D eigenvalue weighted by molar-refractivity contribution is -0.130. The van der Waals surface area contributed by atoms with E-state index in [2.05, 4.69) is 27.0 Å². The van der Waals surface area contributed by atoms with Crippen molar-refractivity contribution in [3.8, 4) is 6.07 Å². The van der Waals surface area contributed by atoms with E-state index in [1.54, 1.807) is 36.1 Å². The van der Waals surface area contributed by atoms with Crippen LogP contribution in [0.4, 0.5) is 0 Å². The molecule has 0 radical (unpaired) electrons. The van der Waals surface area contributed by atoms with Gasteiger partial charge in [-0.1, -0.05) is 43.7 Å². The molecule has 2 aromatic rings. The molecule has 1 aliphatic carbocycles. The lowest BCUT2D eigenvalue weighted by Crippen LogP contribution is -2.53. The topological polar surface area (TPSA) is 164 Å². The number of H-pyrrole nitrogens is 1. The minimum Gasteiger partial charge on any atom is -0.351 e. The number of Topliss-reactive ketones (excluding diaryl/α,β-unsaturated/α-hetero) is 1. The average molecular weight is 723 g/mol. The Morgan fingerprint density at radius 2 is 1.74 bits per heavy atom. The fraction of sp³-hybridized carbons (Fsp3) is 0.595. The summed E-state index contributed by atoms with van der Waals surface area (Å²) in [6, 6.07) is 7.16. The molecule has 1 aromatic heterocycles. The van der Waals surface area contributed by atoms with Crippen LogP contribution in [-0.4, -0.2) is 86.4 Å². The van der Waals surface area contributed by atoms with Crippen molar-refractivity contribution in [3.63, 3.8) is 0 Å². The number of aromatic nitrogens is 1. The number of rotatable bonds is 10. The molecule has 6 rings (SSSR count). The third-order valence-electron chi connectivity index (χ3n) is 11.1. The van der Waals surface area contributed by atoms with E-state index in [0.29, 0.717) is 49.5 Å². The number of hydrogen-bond acceptors (Lipinski definition) is 6. The van der Waals surface area contributed by atoms with Crippen molar-refractivity contribution in [2.75, 3.05) is 24.6 Å². The minimum atomic E-state index is -1.09. The second kappa shape index (κ2) is 15.7. The summed E-state index contributed by atoms with van der Waals surface area (Å²) in [5.41, 5.74) is 0.565. The van der Waals surface area contributed by atoms with Crippen molar-refractivity contribution in [1.82, 2.24) is 25.8 Å². The first-order valence-corrected chi connectivity index (χ1v) is 19.9. The number of ketones is 1. The number of nitriles is 1. The Morgan fingerprint density at radius 1 is 1.02 bits per heavy atom. The quantitative estimate of drug-likeness (QED) is 0.262. The minimum absolute atomic E-state index is 0.00484. The van der Waals surface area contributed by atoms with Gasteiger partial charge in [0.15, 0.2) is 0 Å². The predicted octanol–water partition coefficient (Wildman–Crippen LogP) is 4.61. The molecule has 4 fully saturated rings. The summed E-state index contributed by atoms with van der Waals surface area (Å²) in [6.07, 6.45) is 9.25. The first-order valence-electron chi connectivity index (χ1n) is 18.0. The van der Waals surface area contributed by atoms with Gasteiger partial charge in [-0.3, -0.25) is 24.0 Å². The van der Waals surface area contributed by atoms with E-state index in [4.69, 9.17) is 11.6 Å². The molecular formula is C37H47ClN6O5S. The van der Waals surface area contributed by atoms with Gasteiger partial charge in [0.25, 0.3) is 5.91 Å². The maximum absolute atomic E-state index is 14.3. The van der Waals surface area contributed by atoms with E-state index in [-0.39, 0.29) is 29.0 Å². The molecule has 2 unspecified atom stereocenters. The normalized spacial score (nSPS) is 22.1. The van der Waals surface area contributed by atoms with Crippen molar-refractivity contribution < 1.29 is 24.0 Å². The van der Waals surface area contributed by atoms with Crippen LogP contribution >= 0.6 is 22.1 Å². The molecule has 268 valence electrons. The fourth-order valence-corrected chi connectivity index (χ4v) is 10.7. The summed E-state index contributed by atoms with van der Waals surface area (Å²) in [4.78, 5) is 72.5. The van der Waals surface area contributed by atoms with Gasteiger partial charge in [0.05, 0.1) is 6.04 Å². The number of aromatic amines is 1. The maximum Gasteiger partial charge on any atom is 0.268 e. The van der Waals surface area contributed by atoms with Gasteiger partial charge < -0.3 is 25.8 Å². The molecule has 50 heavy (non-hydrogen) atoms. The third kappa shape index (κ3) is 8.26. The van der Waals surface area contributed by atoms with E-state index in [1.807, 2.05) is 0 Å². The summed E-state index contributed by atoms with van der Waals surface area (Å²) in [5.74, 6) is -0.315. The highest BCUT2D eigenvalue weighted by molar-refractivity contribution is 8.17. The van der Waals surface area contributed by atoms with Gasteiger partial charge in [-0.2, -0.15) is 15.7 Å². The number of carbonyl (C=O) groups is 5. The number of nitrogens with one attached hydrogen (secondary N) is 4. The number of likely N-dealkylation sites (tertiary alicyclic amines) is 1. The van der Waals surface area contributed by atoms with Gasteiger partial charge in [0.2, 0.25) is 23.5 Å². The molecule has 3 atom stereocenters. The SMILES string of the molecule is CC(=O)N1CCC2(CC1)CC(CC(NC(=O)[C@H](CC1CCCCC1)NC(=O)c1cc3cc(Cl)ccc3[nH]1)C(=O)C(C#N)=S1CCCC1)C(=O)N2. The van der Waals surface area contributed by atoms with E-state index in [0.717, 1.165) is 67.4 Å². The van der Waals surface area contributed by atoms with E-state index in [1.165, 1.54) is 0 Å². The number of amides is 4. The number of benzene rings is 1. The molecule has 13 heteroatoms. The van der Waals surface area contributed by atoms with E-state index < -0.39 is 51.6 Å². The van der Waals surface area contributed by atoms with Crippen LogP contribution in [0.15, 0.2) is 24.3 Å². The van der Waals surface area contributed by atoms with Crippen molar-refractivity contribution in [2.24, 2.45) is 11.8 Å². The zero-order valence-electron chi connectivity index (χ0n) is 28.7. The van der Waals surface area contributed by atoms with Gasteiger partial charge in [0, 0.05) is 47.4 Å². The molecule has 1 aromatic carbocycles. The highest BCUT2D eigenvalue weighted by Crippen LogP contribution is 2.37. The Balaban J connectivity index is 1.24. The largest absolute Gasteiger partial charge is 0.351 e.